The van der Waals surface area contributed by atoms with E-state index in [1.165, 1.54) is 17.6 Å². The first-order valence-corrected chi connectivity index (χ1v) is 8.60. The summed E-state index contributed by atoms with van der Waals surface area (Å²) in [5.74, 6) is 0.0743. The molecule has 1 atom stereocenters. The zero-order valence-electron chi connectivity index (χ0n) is 9.76. The van der Waals surface area contributed by atoms with E-state index in [1.54, 1.807) is 6.07 Å². The number of benzene rings is 1. The molecule has 0 saturated heterocycles. The summed E-state index contributed by atoms with van der Waals surface area (Å²) in [5, 5.41) is 1.40. The van der Waals surface area contributed by atoms with Gasteiger partial charge in [0.1, 0.15) is 14.8 Å². The van der Waals surface area contributed by atoms with Gasteiger partial charge in [0.2, 0.25) is 0 Å². The van der Waals surface area contributed by atoms with Gasteiger partial charge in [0, 0.05) is 11.3 Å². The minimum atomic E-state index is -2.99. The molecule has 1 aromatic heterocycles. The quantitative estimate of drug-likeness (QED) is 0.941. The fourth-order valence-electron chi connectivity index (χ4n) is 1.54. The highest BCUT2D eigenvalue weighted by molar-refractivity contribution is 7.90. The highest BCUT2D eigenvalue weighted by atomic mass is 35.5. The number of nitrogens with two attached hydrogens (primary N) is 1. The Kier molecular flexibility index (Phi) is 3.91. The number of rotatable bonds is 4. The normalized spacial score (nSPS) is 13.9. The predicted molar refractivity (Wildman–Crippen MR) is 75.9 cm³/mol. The lowest BCUT2D eigenvalue weighted by Gasteiger charge is -2.06. The second kappa shape index (κ2) is 5.13. The monoisotopic (exact) mass is 304 g/mol. The maximum absolute atomic E-state index is 11.1. The van der Waals surface area contributed by atoms with E-state index < -0.39 is 9.84 Å². The van der Waals surface area contributed by atoms with Crippen LogP contribution in [0.2, 0.25) is 5.02 Å². The van der Waals surface area contributed by atoms with Crippen LogP contribution in [0.3, 0.4) is 0 Å². The summed E-state index contributed by atoms with van der Waals surface area (Å²) < 4.78 is 23.2. The van der Waals surface area contributed by atoms with E-state index in [4.69, 9.17) is 17.3 Å². The Hall–Kier alpha value is -0.690. The van der Waals surface area contributed by atoms with Crippen molar-refractivity contribution in [1.29, 1.82) is 0 Å². The summed E-state index contributed by atoms with van der Waals surface area (Å²) in [6.07, 6.45) is 1.59. The van der Waals surface area contributed by atoms with Gasteiger partial charge in [-0.1, -0.05) is 11.6 Å². The Labute approximate surface area is 115 Å². The number of hydrogen-bond donors (Lipinski definition) is 1. The van der Waals surface area contributed by atoms with Crippen LogP contribution in [-0.4, -0.2) is 25.4 Å². The van der Waals surface area contributed by atoms with Gasteiger partial charge in [0.15, 0.2) is 0 Å². The highest BCUT2D eigenvalue weighted by Crippen LogP contribution is 2.29. The summed E-state index contributed by atoms with van der Waals surface area (Å²) in [4.78, 5) is 4.39. The number of hydrogen-bond acceptors (Lipinski definition) is 5. The zero-order chi connectivity index (χ0) is 13.3. The maximum atomic E-state index is 11.1. The Bertz CT molecular complexity index is 667. The van der Waals surface area contributed by atoms with E-state index >= 15 is 0 Å². The third-order valence-electron chi connectivity index (χ3n) is 2.48. The summed E-state index contributed by atoms with van der Waals surface area (Å²) in [7, 11) is -2.99. The number of thiazole rings is 1. The average molecular weight is 305 g/mol. The van der Waals surface area contributed by atoms with Crippen LogP contribution < -0.4 is 5.73 Å². The minimum Gasteiger partial charge on any atom is -0.322 e. The van der Waals surface area contributed by atoms with E-state index in [9.17, 15) is 8.42 Å². The Balaban J connectivity index is 2.20. The SMILES string of the molecule is CS(=O)(=O)CCC(N)c1nc2ccc(Cl)cc2s1. The fourth-order valence-corrected chi connectivity index (χ4v) is 3.50. The summed E-state index contributed by atoms with van der Waals surface area (Å²) in [5.41, 5.74) is 6.80. The molecule has 2 N–H and O–H groups in total. The molecule has 7 heteroatoms. The van der Waals surface area contributed by atoms with E-state index in [1.807, 2.05) is 12.1 Å². The summed E-state index contributed by atoms with van der Waals surface area (Å²) in [6.45, 7) is 0. The number of aromatic nitrogens is 1. The molecule has 1 heterocycles. The molecule has 0 aliphatic heterocycles. The van der Waals surface area contributed by atoms with Crippen LogP contribution in [0.25, 0.3) is 10.2 Å². The third kappa shape index (κ3) is 3.41. The second-order valence-corrected chi connectivity index (χ2v) is 7.95. The van der Waals surface area contributed by atoms with Crippen molar-refractivity contribution < 1.29 is 8.42 Å². The van der Waals surface area contributed by atoms with Crippen molar-refractivity contribution >= 4 is 43.0 Å². The molecule has 0 radical (unpaired) electrons. The smallest absolute Gasteiger partial charge is 0.147 e. The zero-order valence-corrected chi connectivity index (χ0v) is 12.1. The van der Waals surface area contributed by atoms with Gasteiger partial charge in [-0.3, -0.25) is 0 Å². The van der Waals surface area contributed by atoms with Crippen LogP contribution >= 0.6 is 22.9 Å². The summed E-state index contributed by atoms with van der Waals surface area (Å²) >= 11 is 7.35. The van der Waals surface area contributed by atoms with Crippen LogP contribution in [0.5, 0.6) is 0 Å². The lowest BCUT2D eigenvalue weighted by atomic mass is 10.2. The van der Waals surface area contributed by atoms with Crippen molar-refractivity contribution in [2.45, 2.75) is 12.5 Å². The maximum Gasteiger partial charge on any atom is 0.147 e. The van der Waals surface area contributed by atoms with Crippen molar-refractivity contribution in [3.8, 4) is 0 Å². The van der Waals surface area contributed by atoms with Crippen molar-refractivity contribution in [3.63, 3.8) is 0 Å². The van der Waals surface area contributed by atoms with Crippen molar-refractivity contribution in [1.82, 2.24) is 4.98 Å². The molecule has 98 valence electrons. The van der Waals surface area contributed by atoms with Gasteiger partial charge in [0.05, 0.1) is 22.0 Å². The van der Waals surface area contributed by atoms with Gasteiger partial charge in [-0.05, 0) is 24.6 Å². The van der Waals surface area contributed by atoms with Crippen molar-refractivity contribution in [3.05, 3.63) is 28.2 Å². The van der Waals surface area contributed by atoms with Gasteiger partial charge in [0.25, 0.3) is 0 Å². The molecular formula is C11H13ClN2O2S2. The molecule has 0 fully saturated rings. The largest absolute Gasteiger partial charge is 0.322 e. The molecule has 4 nitrogen and oxygen atoms in total. The fraction of sp³-hybridized carbons (Fsp3) is 0.364. The Morgan fingerprint density at radius 2 is 2.22 bits per heavy atom. The number of fused-ring (bicyclic) bond motifs is 1. The van der Waals surface area contributed by atoms with Crippen LogP contribution in [0, 0.1) is 0 Å². The molecule has 1 aromatic carbocycles. The first kappa shape index (κ1) is 13.7. The molecule has 0 saturated carbocycles. The van der Waals surface area contributed by atoms with Gasteiger partial charge in [-0.25, -0.2) is 13.4 Å². The Morgan fingerprint density at radius 1 is 1.50 bits per heavy atom. The molecule has 0 spiro atoms. The van der Waals surface area contributed by atoms with Gasteiger partial charge >= 0.3 is 0 Å². The summed E-state index contributed by atoms with van der Waals surface area (Å²) in [6, 6.07) is 5.09. The Morgan fingerprint density at radius 3 is 2.89 bits per heavy atom. The van der Waals surface area contributed by atoms with Crippen LogP contribution in [0.1, 0.15) is 17.5 Å². The van der Waals surface area contributed by atoms with Gasteiger partial charge in [-0.15, -0.1) is 11.3 Å². The van der Waals surface area contributed by atoms with E-state index in [2.05, 4.69) is 4.98 Å². The lowest BCUT2D eigenvalue weighted by Crippen LogP contribution is -2.15. The standard InChI is InChI=1S/C11H13ClN2O2S2/c1-18(15,16)5-4-8(13)11-14-9-3-2-7(12)6-10(9)17-11/h2-3,6,8H,4-5,13H2,1H3. The number of nitrogens with zero attached hydrogens (tertiary/aromatic N) is 1. The van der Waals surface area contributed by atoms with Crippen molar-refractivity contribution in [2.75, 3.05) is 12.0 Å². The molecule has 0 aliphatic carbocycles. The predicted octanol–water partition coefficient (Wildman–Crippen LogP) is 2.38. The van der Waals surface area contributed by atoms with E-state index in [0.717, 1.165) is 15.2 Å². The molecule has 18 heavy (non-hydrogen) atoms. The molecule has 0 bridgehead atoms. The lowest BCUT2D eigenvalue weighted by molar-refractivity contribution is 0.591. The second-order valence-electron chi connectivity index (χ2n) is 4.19. The van der Waals surface area contributed by atoms with Gasteiger partial charge in [-0.2, -0.15) is 0 Å². The van der Waals surface area contributed by atoms with Crippen LogP contribution in [-0.2, 0) is 9.84 Å². The van der Waals surface area contributed by atoms with Gasteiger partial charge < -0.3 is 5.73 Å². The first-order valence-electron chi connectivity index (χ1n) is 5.34. The minimum absolute atomic E-state index is 0.0743. The first-order chi connectivity index (χ1) is 8.35. The molecule has 2 aromatic rings. The molecule has 0 amide bonds. The molecule has 2 rings (SSSR count). The third-order valence-corrected chi connectivity index (χ3v) is 4.85. The molecular weight excluding hydrogens is 292 g/mol. The van der Waals surface area contributed by atoms with Crippen LogP contribution in [0.4, 0.5) is 0 Å². The number of halogens is 1. The van der Waals surface area contributed by atoms with E-state index in [-0.39, 0.29) is 11.8 Å². The topological polar surface area (TPSA) is 73.0 Å². The van der Waals surface area contributed by atoms with Crippen LogP contribution in [0.15, 0.2) is 18.2 Å². The molecule has 1 unspecified atom stereocenters. The number of sulfone groups is 1. The highest BCUT2D eigenvalue weighted by Gasteiger charge is 2.14. The average Bonchev–Trinajstić information content (AvgIpc) is 2.67. The van der Waals surface area contributed by atoms with Crippen molar-refractivity contribution in [2.24, 2.45) is 5.73 Å². The molecule has 0 aliphatic rings. The van der Waals surface area contributed by atoms with E-state index in [0.29, 0.717) is 11.4 Å².